The number of hydrogen-bond donors (Lipinski definition) is 1. The molecule has 26 heavy (non-hydrogen) atoms. The number of anilines is 1. The van der Waals surface area contributed by atoms with Gasteiger partial charge >= 0.3 is 0 Å². The Morgan fingerprint density at radius 2 is 1.85 bits per heavy atom. The number of carbonyl (C=O) groups is 2. The van der Waals surface area contributed by atoms with Crippen LogP contribution in [0.3, 0.4) is 0 Å². The zero-order valence-corrected chi connectivity index (χ0v) is 15.4. The standard InChI is InChI=1S/C18H16Cl2N2O4/c1-11(23)22(13-3-5-16-17(9-13)26-10-25-16)7-6-21-18(24)12-2-4-14(19)15(20)8-12/h2-5,8-9H,6-7,10H2,1H3,(H,21,24). The lowest BCUT2D eigenvalue weighted by Crippen LogP contribution is -2.37. The third-order valence-electron chi connectivity index (χ3n) is 3.85. The van der Waals surface area contributed by atoms with Crippen LogP contribution in [-0.2, 0) is 4.79 Å². The number of amides is 2. The summed E-state index contributed by atoms with van der Waals surface area (Å²) in [4.78, 5) is 25.7. The van der Waals surface area contributed by atoms with E-state index in [4.69, 9.17) is 32.7 Å². The third kappa shape index (κ3) is 4.03. The number of halogens is 2. The lowest BCUT2D eigenvalue weighted by molar-refractivity contribution is -0.116. The van der Waals surface area contributed by atoms with Crippen molar-refractivity contribution in [2.75, 3.05) is 24.8 Å². The Balaban J connectivity index is 1.63. The molecule has 1 aliphatic rings. The Bertz CT molecular complexity index is 857. The van der Waals surface area contributed by atoms with Crippen LogP contribution >= 0.6 is 23.2 Å². The van der Waals surface area contributed by atoms with Gasteiger partial charge in [0.05, 0.1) is 10.0 Å². The van der Waals surface area contributed by atoms with E-state index in [0.29, 0.717) is 39.3 Å². The van der Waals surface area contributed by atoms with Crippen molar-refractivity contribution in [3.05, 3.63) is 52.0 Å². The van der Waals surface area contributed by atoms with Crippen molar-refractivity contribution < 1.29 is 19.1 Å². The van der Waals surface area contributed by atoms with E-state index in [0.717, 1.165) is 0 Å². The van der Waals surface area contributed by atoms with Gasteiger partial charge in [-0.3, -0.25) is 9.59 Å². The molecule has 1 N–H and O–H groups in total. The van der Waals surface area contributed by atoms with Crippen molar-refractivity contribution >= 4 is 40.7 Å². The summed E-state index contributed by atoms with van der Waals surface area (Å²) in [5.41, 5.74) is 1.07. The zero-order valence-electron chi connectivity index (χ0n) is 13.9. The molecule has 2 aromatic carbocycles. The first-order valence-corrected chi connectivity index (χ1v) is 8.62. The Morgan fingerprint density at radius 1 is 1.08 bits per heavy atom. The van der Waals surface area contributed by atoms with Crippen molar-refractivity contribution in [3.63, 3.8) is 0 Å². The molecule has 0 unspecified atom stereocenters. The molecular formula is C18H16Cl2N2O4. The van der Waals surface area contributed by atoms with E-state index in [1.165, 1.54) is 13.0 Å². The molecule has 0 aromatic heterocycles. The van der Waals surface area contributed by atoms with Crippen molar-refractivity contribution in [1.82, 2.24) is 5.32 Å². The molecule has 2 aromatic rings. The van der Waals surface area contributed by atoms with Crippen LogP contribution in [0.1, 0.15) is 17.3 Å². The highest BCUT2D eigenvalue weighted by atomic mass is 35.5. The van der Waals surface area contributed by atoms with Crippen LogP contribution in [0.5, 0.6) is 11.5 Å². The number of ether oxygens (including phenoxy) is 2. The number of rotatable bonds is 5. The molecule has 8 heteroatoms. The van der Waals surface area contributed by atoms with Crippen LogP contribution in [-0.4, -0.2) is 31.7 Å². The van der Waals surface area contributed by atoms with E-state index in [-0.39, 0.29) is 25.2 Å². The normalized spacial score (nSPS) is 12.0. The van der Waals surface area contributed by atoms with Gasteiger partial charge in [-0.1, -0.05) is 23.2 Å². The van der Waals surface area contributed by atoms with Crippen LogP contribution in [0, 0.1) is 0 Å². The van der Waals surface area contributed by atoms with Gasteiger partial charge in [-0.25, -0.2) is 0 Å². The van der Waals surface area contributed by atoms with Gasteiger partial charge in [0.2, 0.25) is 12.7 Å². The van der Waals surface area contributed by atoms with E-state index >= 15 is 0 Å². The quantitative estimate of drug-likeness (QED) is 0.842. The fourth-order valence-electron chi connectivity index (χ4n) is 2.54. The Morgan fingerprint density at radius 3 is 2.58 bits per heavy atom. The van der Waals surface area contributed by atoms with Crippen molar-refractivity contribution in [1.29, 1.82) is 0 Å². The highest BCUT2D eigenvalue weighted by molar-refractivity contribution is 6.42. The Labute approximate surface area is 160 Å². The summed E-state index contributed by atoms with van der Waals surface area (Å²) in [6.07, 6.45) is 0. The van der Waals surface area contributed by atoms with E-state index in [1.54, 1.807) is 35.2 Å². The van der Waals surface area contributed by atoms with Crippen molar-refractivity contribution in [2.45, 2.75) is 6.92 Å². The van der Waals surface area contributed by atoms with Gasteiger partial charge in [0.15, 0.2) is 11.5 Å². The second-order valence-electron chi connectivity index (χ2n) is 5.59. The molecule has 0 fully saturated rings. The summed E-state index contributed by atoms with van der Waals surface area (Å²) in [6.45, 7) is 2.21. The fraction of sp³-hybridized carbons (Fsp3) is 0.222. The largest absolute Gasteiger partial charge is 0.454 e. The second-order valence-corrected chi connectivity index (χ2v) is 6.41. The molecule has 0 radical (unpaired) electrons. The Hall–Kier alpha value is -2.44. The maximum absolute atomic E-state index is 12.2. The number of hydrogen-bond acceptors (Lipinski definition) is 4. The first-order chi connectivity index (χ1) is 12.5. The molecule has 3 rings (SSSR count). The lowest BCUT2D eigenvalue weighted by Gasteiger charge is -2.21. The van der Waals surface area contributed by atoms with E-state index in [9.17, 15) is 9.59 Å². The maximum Gasteiger partial charge on any atom is 0.251 e. The average Bonchev–Trinajstić information content (AvgIpc) is 3.08. The number of benzene rings is 2. The summed E-state index contributed by atoms with van der Waals surface area (Å²) in [5.74, 6) is 0.796. The lowest BCUT2D eigenvalue weighted by atomic mass is 10.2. The molecule has 0 saturated carbocycles. The molecule has 1 aliphatic heterocycles. The fourth-order valence-corrected chi connectivity index (χ4v) is 2.84. The first-order valence-electron chi connectivity index (χ1n) is 7.86. The summed E-state index contributed by atoms with van der Waals surface area (Å²) in [6, 6.07) is 9.92. The molecule has 0 spiro atoms. The van der Waals surface area contributed by atoms with Crippen LogP contribution in [0.2, 0.25) is 10.0 Å². The molecular weight excluding hydrogens is 379 g/mol. The number of fused-ring (bicyclic) bond motifs is 1. The van der Waals surface area contributed by atoms with Crippen LogP contribution < -0.4 is 19.7 Å². The van der Waals surface area contributed by atoms with Crippen molar-refractivity contribution in [2.24, 2.45) is 0 Å². The van der Waals surface area contributed by atoms with Gasteiger partial charge < -0.3 is 19.7 Å². The highest BCUT2D eigenvalue weighted by Gasteiger charge is 2.18. The first kappa shape index (κ1) is 18.4. The molecule has 1 heterocycles. The molecule has 136 valence electrons. The topological polar surface area (TPSA) is 67.9 Å². The van der Waals surface area contributed by atoms with E-state index in [2.05, 4.69) is 5.32 Å². The molecule has 0 atom stereocenters. The van der Waals surface area contributed by atoms with Gasteiger partial charge in [0, 0.05) is 37.3 Å². The number of nitrogens with zero attached hydrogens (tertiary/aromatic N) is 1. The third-order valence-corrected chi connectivity index (χ3v) is 4.59. The smallest absolute Gasteiger partial charge is 0.251 e. The van der Waals surface area contributed by atoms with Gasteiger partial charge in [0.25, 0.3) is 5.91 Å². The average molecular weight is 395 g/mol. The summed E-state index contributed by atoms with van der Waals surface area (Å²) >= 11 is 11.8. The zero-order chi connectivity index (χ0) is 18.7. The predicted molar refractivity (Wildman–Crippen MR) is 99.4 cm³/mol. The van der Waals surface area contributed by atoms with Gasteiger partial charge in [0.1, 0.15) is 0 Å². The monoisotopic (exact) mass is 394 g/mol. The number of carbonyl (C=O) groups excluding carboxylic acids is 2. The Kier molecular flexibility index (Phi) is 5.54. The SMILES string of the molecule is CC(=O)N(CCNC(=O)c1ccc(Cl)c(Cl)c1)c1ccc2c(c1)OCO2. The molecule has 0 bridgehead atoms. The second kappa shape index (κ2) is 7.85. The molecule has 6 nitrogen and oxygen atoms in total. The van der Waals surface area contributed by atoms with Gasteiger partial charge in [-0.2, -0.15) is 0 Å². The van der Waals surface area contributed by atoms with Crippen LogP contribution in [0.25, 0.3) is 0 Å². The highest BCUT2D eigenvalue weighted by Crippen LogP contribution is 2.35. The predicted octanol–water partition coefficient (Wildman–Crippen LogP) is 3.51. The maximum atomic E-state index is 12.2. The summed E-state index contributed by atoms with van der Waals surface area (Å²) in [7, 11) is 0. The van der Waals surface area contributed by atoms with E-state index in [1.807, 2.05) is 0 Å². The minimum atomic E-state index is -0.294. The van der Waals surface area contributed by atoms with Crippen LogP contribution in [0.15, 0.2) is 36.4 Å². The molecule has 0 aliphatic carbocycles. The minimum absolute atomic E-state index is 0.146. The van der Waals surface area contributed by atoms with Gasteiger partial charge in [-0.15, -0.1) is 0 Å². The van der Waals surface area contributed by atoms with Gasteiger partial charge in [-0.05, 0) is 30.3 Å². The summed E-state index contributed by atoms with van der Waals surface area (Å²) in [5, 5.41) is 3.46. The summed E-state index contributed by atoms with van der Waals surface area (Å²) < 4.78 is 10.6. The van der Waals surface area contributed by atoms with Crippen molar-refractivity contribution in [3.8, 4) is 11.5 Å². The molecule has 2 amide bonds. The number of nitrogens with one attached hydrogen (secondary N) is 1. The van der Waals surface area contributed by atoms with E-state index < -0.39 is 0 Å². The minimum Gasteiger partial charge on any atom is -0.454 e. The molecule has 0 saturated heterocycles. The van der Waals surface area contributed by atoms with Crippen LogP contribution in [0.4, 0.5) is 5.69 Å².